The second kappa shape index (κ2) is 8.35. The summed E-state index contributed by atoms with van der Waals surface area (Å²) >= 11 is 0. The zero-order chi connectivity index (χ0) is 19.2. The Morgan fingerprint density at radius 3 is 2.37 bits per heavy atom. The van der Waals surface area contributed by atoms with E-state index < -0.39 is 11.9 Å². The third kappa shape index (κ3) is 4.08. The lowest BCUT2D eigenvalue weighted by Crippen LogP contribution is -2.21. The highest BCUT2D eigenvalue weighted by Gasteiger charge is 2.27. The van der Waals surface area contributed by atoms with E-state index in [0.717, 1.165) is 23.1 Å². The van der Waals surface area contributed by atoms with Gasteiger partial charge in [-0.2, -0.15) is 0 Å². The number of nitrogens with one attached hydrogen (secondary N) is 1. The maximum absolute atomic E-state index is 12.3. The largest absolute Gasteiger partial charge is 0.480 e. The molecule has 0 saturated heterocycles. The molecule has 1 aromatic heterocycles. The van der Waals surface area contributed by atoms with E-state index >= 15 is 0 Å². The lowest BCUT2D eigenvalue weighted by Gasteiger charge is -2.13. The van der Waals surface area contributed by atoms with Crippen LogP contribution in [0.5, 0.6) is 0 Å². The van der Waals surface area contributed by atoms with Gasteiger partial charge in [-0.25, -0.2) is 5.10 Å². The molecule has 7 nitrogen and oxygen atoms in total. The number of tetrazole rings is 1. The van der Waals surface area contributed by atoms with E-state index in [0.29, 0.717) is 17.8 Å². The summed E-state index contributed by atoms with van der Waals surface area (Å²) in [5.74, 6) is -1.95. The number of aromatic amines is 1. The van der Waals surface area contributed by atoms with Crippen molar-refractivity contribution >= 4 is 11.8 Å². The van der Waals surface area contributed by atoms with E-state index in [9.17, 15) is 14.7 Å². The van der Waals surface area contributed by atoms with E-state index in [4.69, 9.17) is 0 Å². The van der Waals surface area contributed by atoms with Crippen LogP contribution in [0.4, 0.5) is 0 Å². The number of Topliss-reactive ketones (excluding diaryl/α,β-unsaturated/α-hetero) is 1. The first-order valence-electron chi connectivity index (χ1n) is 8.80. The van der Waals surface area contributed by atoms with Crippen LogP contribution in [0.3, 0.4) is 0 Å². The molecule has 0 aliphatic heterocycles. The summed E-state index contributed by atoms with van der Waals surface area (Å²) in [5.41, 5.74) is 3.12. The molecule has 1 heterocycles. The molecule has 27 heavy (non-hydrogen) atoms. The Hall–Kier alpha value is -3.35. The van der Waals surface area contributed by atoms with Crippen LogP contribution in [-0.2, 0) is 9.59 Å². The maximum atomic E-state index is 12.3. The second-order valence-corrected chi connectivity index (χ2v) is 6.26. The van der Waals surface area contributed by atoms with E-state index in [1.165, 1.54) is 0 Å². The molecule has 0 aliphatic rings. The first kappa shape index (κ1) is 18.4. The van der Waals surface area contributed by atoms with Gasteiger partial charge < -0.3 is 5.11 Å². The van der Waals surface area contributed by atoms with Gasteiger partial charge in [0.05, 0.1) is 0 Å². The summed E-state index contributed by atoms with van der Waals surface area (Å²) in [5, 5.41) is 23.4. The Morgan fingerprint density at radius 1 is 1.07 bits per heavy atom. The normalized spacial score (nSPS) is 11.9. The number of hydrogen-bond donors (Lipinski definition) is 2. The van der Waals surface area contributed by atoms with Gasteiger partial charge in [0.2, 0.25) is 0 Å². The summed E-state index contributed by atoms with van der Waals surface area (Å²) in [6.07, 6.45) is 1.82. The average Bonchev–Trinajstić information content (AvgIpc) is 3.21. The van der Waals surface area contributed by atoms with Crippen molar-refractivity contribution in [3.8, 4) is 22.5 Å². The fourth-order valence-corrected chi connectivity index (χ4v) is 3.03. The molecule has 0 aliphatic carbocycles. The number of carboxylic acids is 1. The number of H-pyrrole nitrogens is 1. The van der Waals surface area contributed by atoms with Crippen LogP contribution in [0.1, 0.15) is 37.7 Å². The van der Waals surface area contributed by atoms with E-state index in [1.54, 1.807) is 12.1 Å². The molecule has 0 amide bonds. The van der Waals surface area contributed by atoms with E-state index in [2.05, 4.69) is 20.6 Å². The lowest BCUT2D eigenvalue weighted by molar-refractivity contribution is -0.142. The molecule has 2 N–H and O–H groups in total. The molecule has 0 fully saturated rings. The molecule has 2 aromatic carbocycles. The average molecular weight is 364 g/mol. The topological polar surface area (TPSA) is 109 Å². The number of rotatable bonds is 8. The molecule has 1 unspecified atom stereocenters. The first-order chi connectivity index (χ1) is 13.1. The van der Waals surface area contributed by atoms with Crippen molar-refractivity contribution in [3.05, 3.63) is 54.1 Å². The molecule has 0 spiro atoms. The minimum atomic E-state index is -1.13. The number of unbranched alkanes of at least 4 members (excludes halogenated alkanes) is 1. The van der Waals surface area contributed by atoms with Gasteiger partial charge in [-0.15, -0.1) is 5.10 Å². The summed E-state index contributed by atoms with van der Waals surface area (Å²) < 4.78 is 0. The minimum absolute atomic E-state index is 0.259. The second-order valence-electron chi connectivity index (χ2n) is 6.26. The van der Waals surface area contributed by atoms with E-state index in [1.807, 2.05) is 43.3 Å². The van der Waals surface area contributed by atoms with Crippen molar-refractivity contribution < 1.29 is 14.7 Å². The lowest BCUT2D eigenvalue weighted by atomic mass is 9.90. The van der Waals surface area contributed by atoms with Crippen molar-refractivity contribution in [3.63, 3.8) is 0 Å². The molecule has 0 radical (unpaired) electrons. The van der Waals surface area contributed by atoms with Crippen LogP contribution in [0, 0.1) is 0 Å². The number of aliphatic carboxylic acids is 1. The first-order valence-corrected chi connectivity index (χ1v) is 8.80. The van der Waals surface area contributed by atoms with Crippen molar-refractivity contribution in [2.75, 3.05) is 0 Å². The molecule has 0 saturated carbocycles. The number of aromatic nitrogens is 4. The fraction of sp³-hybridized carbons (Fsp3) is 0.250. The summed E-state index contributed by atoms with van der Waals surface area (Å²) in [4.78, 5) is 23.9. The highest BCUT2D eigenvalue weighted by molar-refractivity contribution is 6.03. The number of carbonyl (C=O) groups excluding carboxylic acids is 1. The van der Waals surface area contributed by atoms with Crippen LogP contribution < -0.4 is 0 Å². The monoisotopic (exact) mass is 364 g/mol. The zero-order valence-corrected chi connectivity index (χ0v) is 14.9. The van der Waals surface area contributed by atoms with Crippen molar-refractivity contribution in [2.24, 2.45) is 0 Å². The predicted octanol–water partition coefficient (Wildman–Crippen LogP) is 3.46. The van der Waals surface area contributed by atoms with Crippen LogP contribution >= 0.6 is 0 Å². The van der Waals surface area contributed by atoms with Crippen molar-refractivity contribution in [1.82, 2.24) is 20.6 Å². The summed E-state index contributed by atoms with van der Waals surface area (Å²) in [6, 6.07) is 14.7. The Morgan fingerprint density at radius 2 is 1.78 bits per heavy atom. The van der Waals surface area contributed by atoms with Gasteiger partial charge in [-0.3, -0.25) is 9.59 Å². The fourth-order valence-electron chi connectivity index (χ4n) is 3.03. The van der Waals surface area contributed by atoms with Gasteiger partial charge in [0.1, 0.15) is 5.92 Å². The molecular weight excluding hydrogens is 344 g/mol. The van der Waals surface area contributed by atoms with Crippen molar-refractivity contribution in [2.45, 2.75) is 32.1 Å². The number of ketones is 1. The van der Waals surface area contributed by atoms with Crippen LogP contribution in [0.25, 0.3) is 22.5 Å². The third-order valence-corrected chi connectivity index (χ3v) is 4.43. The molecule has 138 valence electrons. The third-order valence-electron chi connectivity index (χ3n) is 4.43. The van der Waals surface area contributed by atoms with Crippen LogP contribution in [0.2, 0.25) is 0 Å². The van der Waals surface area contributed by atoms with Gasteiger partial charge in [-0.1, -0.05) is 61.9 Å². The van der Waals surface area contributed by atoms with Gasteiger partial charge in [-0.05, 0) is 33.5 Å². The Bertz CT molecular complexity index is 921. The number of benzene rings is 2. The Labute approximate surface area is 156 Å². The van der Waals surface area contributed by atoms with Gasteiger partial charge in [0.15, 0.2) is 11.6 Å². The van der Waals surface area contributed by atoms with E-state index in [-0.39, 0.29) is 12.2 Å². The maximum Gasteiger partial charge on any atom is 0.318 e. The van der Waals surface area contributed by atoms with Crippen LogP contribution in [0.15, 0.2) is 48.5 Å². The number of nitrogens with zero attached hydrogens (tertiary/aromatic N) is 3. The predicted molar refractivity (Wildman–Crippen MR) is 100.0 cm³/mol. The standard InChI is InChI=1S/C20H20N4O3/c1-2-3-8-17(25)18(20(26)27)14-11-9-13(10-12-14)15-6-4-5-7-16(15)19-21-23-24-22-19/h4-7,9-12,18H,2-3,8H2,1H3,(H,26,27)(H,21,22,23,24). The number of hydrogen-bond acceptors (Lipinski definition) is 5. The van der Waals surface area contributed by atoms with Gasteiger partial charge in [0, 0.05) is 12.0 Å². The molecule has 3 aromatic rings. The smallest absolute Gasteiger partial charge is 0.318 e. The highest BCUT2D eigenvalue weighted by atomic mass is 16.4. The van der Waals surface area contributed by atoms with Crippen molar-refractivity contribution in [1.29, 1.82) is 0 Å². The number of carboxylic acid groups (broad SMARTS) is 1. The molecule has 7 heteroatoms. The molecular formula is C20H20N4O3. The molecule has 0 bridgehead atoms. The quantitative estimate of drug-likeness (QED) is 0.593. The van der Waals surface area contributed by atoms with Gasteiger partial charge >= 0.3 is 5.97 Å². The molecule has 3 rings (SSSR count). The summed E-state index contributed by atoms with van der Waals surface area (Å²) in [7, 11) is 0. The Balaban J connectivity index is 1.92. The highest BCUT2D eigenvalue weighted by Crippen LogP contribution is 2.31. The number of carbonyl (C=O) groups is 2. The Kier molecular flexibility index (Phi) is 5.71. The summed E-state index contributed by atoms with van der Waals surface area (Å²) in [6.45, 7) is 1.97. The zero-order valence-electron chi connectivity index (χ0n) is 14.9. The minimum Gasteiger partial charge on any atom is -0.480 e. The molecule has 1 atom stereocenters. The van der Waals surface area contributed by atoms with Crippen LogP contribution in [-0.4, -0.2) is 37.5 Å². The van der Waals surface area contributed by atoms with Gasteiger partial charge in [0.25, 0.3) is 0 Å². The SMILES string of the molecule is CCCCC(=O)C(C(=O)O)c1ccc(-c2ccccc2-c2nnn[nH]2)cc1.